The van der Waals surface area contributed by atoms with Gasteiger partial charge in [-0.3, -0.25) is 9.79 Å². The average molecular weight is 498 g/mol. The Hall–Kier alpha value is -1.35. The first-order valence-corrected chi connectivity index (χ1v) is 10.2. The molecular weight excluding hydrogens is 467 g/mol. The number of amides is 1. The Balaban J connectivity index is 0.00000225. The highest BCUT2D eigenvalue weighted by atomic mass is 127. The van der Waals surface area contributed by atoms with E-state index in [1.807, 2.05) is 11.9 Å². The zero-order chi connectivity index (χ0) is 18.6. The molecule has 1 atom stereocenters. The number of fused-ring (bicyclic) bond motifs is 1. The molecule has 1 aromatic carbocycles. The highest BCUT2D eigenvalue weighted by Crippen LogP contribution is 2.22. The number of rotatable bonds is 3. The summed E-state index contributed by atoms with van der Waals surface area (Å²) < 4.78 is 5.54. The monoisotopic (exact) mass is 498 g/mol. The maximum absolute atomic E-state index is 12.5. The van der Waals surface area contributed by atoms with E-state index in [1.165, 1.54) is 36.0 Å². The van der Waals surface area contributed by atoms with Crippen molar-refractivity contribution in [2.75, 3.05) is 39.8 Å². The Labute approximate surface area is 184 Å². The van der Waals surface area contributed by atoms with Gasteiger partial charge in [0.15, 0.2) is 5.96 Å². The Morgan fingerprint density at radius 1 is 1.14 bits per heavy atom. The number of nitrogens with one attached hydrogen (secondary N) is 1. The number of guanidine groups is 1. The van der Waals surface area contributed by atoms with E-state index in [1.54, 1.807) is 0 Å². The van der Waals surface area contributed by atoms with E-state index >= 15 is 0 Å². The molecule has 2 heterocycles. The summed E-state index contributed by atoms with van der Waals surface area (Å²) in [6.45, 7) is 4.59. The van der Waals surface area contributed by atoms with Gasteiger partial charge in [0.1, 0.15) is 6.10 Å². The minimum absolute atomic E-state index is 0. The number of nitrogens with zero attached hydrogens (tertiary/aromatic N) is 3. The highest BCUT2D eigenvalue weighted by molar-refractivity contribution is 14.0. The highest BCUT2D eigenvalue weighted by Gasteiger charge is 2.30. The number of hydrogen-bond donors (Lipinski definition) is 1. The van der Waals surface area contributed by atoms with E-state index in [0.29, 0.717) is 0 Å². The number of halogens is 1. The zero-order valence-corrected chi connectivity index (χ0v) is 19.0. The largest absolute Gasteiger partial charge is 0.368 e. The maximum atomic E-state index is 12.5. The molecule has 1 aromatic rings. The van der Waals surface area contributed by atoms with Crippen molar-refractivity contribution in [3.63, 3.8) is 0 Å². The van der Waals surface area contributed by atoms with Crippen LogP contribution in [0.3, 0.4) is 0 Å². The molecule has 7 heteroatoms. The molecule has 28 heavy (non-hydrogen) atoms. The van der Waals surface area contributed by atoms with Gasteiger partial charge in [-0.1, -0.05) is 18.2 Å². The molecule has 0 spiro atoms. The molecule has 4 rings (SSSR count). The molecule has 0 bridgehead atoms. The number of ether oxygens (including phenoxy) is 1. The summed E-state index contributed by atoms with van der Waals surface area (Å²) in [4.78, 5) is 21.1. The van der Waals surface area contributed by atoms with Crippen LogP contribution in [0.1, 0.15) is 36.0 Å². The van der Waals surface area contributed by atoms with Crippen LogP contribution >= 0.6 is 24.0 Å². The predicted octanol–water partition coefficient (Wildman–Crippen LogP) is 2.19. The van der Waals surface area contributed by atoms with E-state index in [2.05, 4.69) is 33.4 Å². The summed E-state index contributed by atoms with van der Waals surface area (Å²) >= 11 is 0. The van der Waals surface area contributed by atoms with Crippen molar-refractivity contribution in [2.45, 2.75) is 44.8 Å². The predicted molar refractivity (Wildman–Crippen MR) is 121 cm³/mol. The molecule has 3 aliphatic rings. The zero-order valence-electron chi connectivity index (χ0n) is 16.7. The van der Waals surface area contributed by atoms with Gasteiger partial charge < -0.3 is 19.9 Å². The van der Waals surface area contributed by atoms with Crippen LogP contribution in [0, 0.1) is 0 Å². The van der Waals surface area contributed by atoms with Crippen LogP contribution in [0.15, 0.2) is 23.2 Å². The van der Waals surface area contributed by atoms with Crippen molar-refractivity contribution in [3.05, 3.63) is 34.9 Å². The molecule has 1 amide bonds. The molecule has 2 aliphatic heterocycles. The molecule has 2 fully saturated rings. The molecule has 1 N–H and O–H groups in total. The summed E-state index contributed by atoms with van der Waals surface area (Å²) in [5.74, 6) is 1.08. The van der Waals surface area contributed by atoms with E-state index in [-0.39, 0.29) is 36.0 Å². The third kappa shape index (κ3) is 4.79. The lowest BCUT2D eigenvalue weighted by Gasteiger charge is -2.37. The molecular formula is C21H31IN4O2. The fraction of sp³-hybridized carbons (Fsp3) is 0.619. The van der Waals surface area contributed by atoms with Crippen molar-refractivity contribution in [2.24, 2.45) is 4.99 Å². The van der Waals surface area contributed by atoms with Gasteiger partial charge >= 0.3 is 0 Å². The van der Waals surface area contributed by atoms with E-state index in [4.69, 9.17) is 4.74 Å². The van der Waals surface area contributed by atoms with Crippen LogP contribution in [0.4, 0.5) is 0 Å². The van der Waals surface area contributed by atoms with Crippen LogP contribution < -0.4 is 5.32 Å². The fourth-order valence-electron chi connectivity index (χ4n) is 4.36. The Morgan fingerprint density at radius 2 is 1.89 bits per heavy atom. The summed E-state index contributed by atoms with van der Waals surface area (Å²) in [6, 6.07) is 6.83. The SMILES string of the molecule is CN=C(NCc1ccc2c(c1)CCC2)N1CCN(C(=O)C2CCCO2)CC1.I. The lowest BCUT2D eigenvalue weighted by atomic mass is 10.1. The van der Waals surface area contributed by atoms with Crippen molar-refractivity contribution in [1.82, 2.24) is 15.1 Å². The van der Waals surface area contributed by atoms with Gasteiger partial charge in [-0.15, -0.1) is 24.0 Å². The van der Waals surface area contributed by atoms with E-state index < -0.39 is 0 Å². The van der Waals surface area contributed by atoms with Crippen molar-refractivity contribution < 1.29 is 9.53 Å². The smallest absolute Gasteiger partial charge is 0.251 e. The van der Waals surface area contributed by atoms with Crippen molar-refractivity contribution in [1.29, 1.82) is 0 Å². The lowest BCUT2D eigenvalue weighted by molar-refractivity contribution is -0.142. The molecule has 6 nitrogen and oxygen atoms in total. The van der Waals surface area contributed by atoms with Gasteiger partial charge in [0, 0.05) is 46.4 Å². The third-order valence-electron chi connectivity index (χ3n) is 5.92. The van der Waals surface area contributed by atoms with E-state index in [9.17, 15) is 4.79 Å². The lowest BCUT2D eigenvalue weighted by Crippen LogP contribution is -2.55. The normalized spacial score (nSPS) is 22.0. The minimum Gasteiger partial charge on any atom is -0.368 e. The van der Waals surface area contributed by atoms with Gasteiger partial charge in [-0.2, -0.15) is 0 Å². The third-order valence-corrected chi connectivity index (χ3v) is 5.92. The first-order valence-electron chi connectivity index (χ1n) is 10.2. The second kappa shape index (κ2) is 9.91. The minimum atomic E-state index is -0.214. The van der Waals surface area contributed by atoms with E-state index in [0.717, 1.165) is 58.1 Å². The fourth-order valence-corrected chi connectivity index (χ4v) is 4.36. The van der Waals surface area contributed by atoms with Gasteiger partial charge in [0.2, 0.25) is 0 Å². The molecule has 0 aromatic heterocycles. The van der Waals surface area contributed by atoms with Gasteiger partial charge in [0.25, 0.3) is 5.91 Å². The van der Waals surface area contributed by atoms with Gasteiger partial charge in [-0.05, 0) is 48.8 Å². The maximum Gasteiger partial charge on any atom is 0.251 e. The first-order chi connectivity index (χ1) is 13.2. The van der Waals surface area contributed by atoms with Crippen molar-refractivity contribution >= 4 is 35.8 Å². The summed E-state index contributed by atoms with van der Waals surface area (Å²) in [5.41, 5.74) is 4.32. The number of aryl methyl sites for hydroxylation is 2. The topological polar surface area (TPSA) is 57.2 Å². The summed E-state index contributed by atoms with van der Waals surface area (Å²) in [7, 11) is 1.83. The average Bonchev–Trinajstić information content (AvgIpc) is 3.40. The number of hydrogen-bond acceptors (Lipinski definition) is 3. The number of carbonyl (C=O) groups excluding carboxylic acids is 1. The quantitative estimate of drug-likeness (QED) is 0.395. The van der Waals surface area contributed by atoms with Crippen molar-refractivity contribution in [3.8, 4) is 0 Å². The molecule has 0 radical (unpaired) electrons. The molecule has 154 valence electrons. The molecule has 1 aliphatic carbocycles. The number of benzene rings is 1. The second-order valence-corrected chi connectivity index (χ2v) is 7.67. The number of piperazine rings is 1. The standard InChI is InChI=1S/C21H30N4O2.HI/c1-22-21(23-15-16-7-8-17-4-2-5-18(17)14-16)25-11-9-24(10-12-25)20(26)19-6-3-13-27-19;/h7-8,14,19H,2-6,9-13,15H2,1H3,(H,22,23);1H. The number of aliphatic imine (C=N–C) groups is 1. The second-order valence-electron chi connectivity index (χ2n) is 7.67. The van der Waals surface area contributed by atoms with Crippen LogP contribution in [0.2, 0.25) is 0 Å². The Morgan fingerprint density at radius 3 is 2.61 bits per heavy atom. The molecule has 1 unspecified atom stereocenters. The summed E-state index contributed by atoms with van der Waals surface area (Å²) in [5, 5.41) is 3.49. The molecule has 2 saturated heterocycles. The first kappa shape index (κ1) is 21.4. The number of carbonyl (C=O) groups is 1. The Kier molecular flexibility index (Phi) is 7.56. The Bertz CT molecular complexity index is 710. The van der Waals surface area contributed by atoms with Gasteiger partial charge in [0.05, 0.1) is 0 Å². The molecule has 0 saturated carbocycles. The van der Waals surface area contributed by atoms with Crippen LogP contribution in [-0.2, 0) is 28.9 Å². The van der Waals surface area contributed by atoms with Crippen LogP contribution in [-0.4, -0.2) is 67.6 Å². The van der Waals surface area contributed by atoms with Gasteiger partial charge in [-0.25, -0.2) is 0 Å². The summed E-state index contributed by atoms with van der Waals surface area (Å²) in [6.07, 6.45) is 5.36. The van der Waals surface area contributed by atoms with Crippen LogP contribution in [0.5, 0.6) is 0 Å². The van der Waals surface area contributed by atoms with Crippen LogP contribution in [0.25, 0.3) is 0 Å².